The first kappa shape index (κ1) is 24.8. The molecule has 1 saturated heterocycles. The van der Waals surface area contributed by atoms with Gasteiger partial charge in [-0.05, 0) is 84.1 Å². The van der Waals surface area contributed by atoms with Crippen LogP contribution in [0.5, 0.6) is 11.5 Å². The molecule has 0 spiro atoms. The molecule has 0 aliphatic carbocycles. The van der Waals surface area contributed by atoms with E-state index >= 15 is 0 Å². The molecule has 0 saturated carbocycles. The number of hydrogen-bond acceptors (Lipinski definition) is 8. The molecule has 8 nitrogen and oxygen atoms in total. The molecule has 2 aromatic carbocycles. The van der Waals surface area contributed by atoms with E-state index in [2.05, 4.69) is 0 Å². The first-order valence-corrected chi connectivity index (χ1v) is 11.9. The quantitative estimate of drug-likeness (QED) is 0.195. The van der Waals surface area contributed by atoms with Crippen molar-refractivity contribution in [2.75, 3.05) is 19.8 Å². The zero-order valence-corrected chi connectivity index (χ0v) is 20.8. The van der Waals surface area contributed by atoms with E-state index in [0.717, 1.165) is 16.7 Å². The maximum absolute atomic E-state index is 12.6. The molecule has 3 rings (SSSR count). The Morgan fingerprint density at radius 3 is 2.48 bits per heavy atom. The first-order chi connectivity index (χ1) is 15.8. The van der Waals surface area contributed by atoms with Crippen LogP contribution in [0.1, 0.15) is 29.8 Å². The molecular weight excluding hydrogens is 561 g/mol. The number of carbonyl (C=O) groups excluding carboxylic acids is 4. The van der Waals surface area contributed by atoms with Crippen LogP contribution < -0.4 is 9.47 Å². The third-order valence-corrected chi connectivity index (χ3v) is 6.01. The average molecular weight is 581 g/mol. The Morgan fingerprint density at radius 1 is 1.09 bits per heavy atom. The van der Waals surface area contributed by atoms with Gasteiger partial charge in [0.25, 0.3) is 11.1 Å². The summed E-state index contributed by atoms with van der Waals surface area (Å²) in [5, 5.41) is -0.549. The molecule has 1 aliphatic rings. The molecule has 1 fully saturated rings. The van der Waals surface area contributed by atoms with Gasteiger partial charge < -0.3 is 14.2 Å². The molecule has 0 atom stereocenters. The summed E-state index contributed by atoms with van der Waals surface area (Å²) >= 11 is 2.75. The number of benzene rings is 2. The molecule has 0 bridgehead atoms. The van der Waals surface area contributed by atoms with E-state index < -0.39 is 29.6 Å². The minimum absolute atomic E-state index is 0.157. The first-order valence-electron chi connectivity index (χ1n) is 9.98. The van der Waals surface area contributed by atoms with Crippen LogP contribution in [-0.4, -0.2) is 47.7 Å². The van der Waals surface area contributed by atoms with Gasteiger partial charge in [0, 0.05) is 0 Å². The van der Waals surface area contributed by atoms with E-state index in [0.29, 0.717) is 27.1 Å². The van der Waals surface area contributed by atoms with Crippen molar-refractivity contribution in [3.63, 3.8) is 0 Å². The van der Waals surface area contributed by atoms with Crippen LogP contribution in [0.2, 0.25) is 0 Å². The Morgan fingerprint density at radius 2 is 1.82 bits per heavy atom. The number of thioether (sulfide) groups is 1. The summed E-state index contributed by atoms with van der Waals surface area (Å²) in [6.07, 6.45) is 1.53. The average Bonchev–Trinajstić information content (AvgIpc) is 3.04. The third kappa shape index (κ3) is 6.14. The lowest BCUT2D eigenvalue weighted by Gasteiger charge is -2.14. The highest BCUT2D eigenvalue weighted by Crippen LogP contribution is 2.37. The summed E-state index contributed by atoms with van der Waals surface area (Å²) < 4.78 is 16.7. The van der Waals surface area contributed by atoms with Crippen molar-refractivity contribution in [2.24, 2.45) is 0 Å². The molecule has 0 N–H and O–H groups in total. The lowest BCUT2D eigenvalue weighted by atomic mass is 10.1. The van der Waals surface area contributed by atoms with Crippen LogP contribution in [0.4, 0.5) is 4.79 Å². The maximum atomic E-state index is 12.6. The van der Waals surface area contributed by atoms with Crippen molar-refractivity contribution in [1.82, 2.24) is 4.90 Å². The summed E-state index contributed by atoms with van der Waals surface area (Å²) in [5.41, 5.74) is 0.971. The molecular formula is C23H20INO7S. The number of halogens is 1. The van der Waals surface area contributed by atoms with Crippen LogP contribution >= 0.6 is 34.4 Å². The number of amides is 2. The van der Waals surface area contributed by atoms with Crippen molar-refractivity contribution >= 4 is 63.5 Å². The highest BCUT2D eigenvalue weighted by atomic mass is 127. The smallest absolute Gasteiger partial charge is 0.343 e. The Labute approximate surface area is 208 Å². The van der Waals surface area contributed by atoms with Crippen LogP contribution in [0.15, 0.2) is 47.4 Å². The van der Waals surface area contributed by atoms with Gasteiger partial charge in [0.05, 0.1) is 27.3 Å². The molecule has 1 heterocycles. The predicted octanol–water partition coefficient (Wildman–Crippen LogP) is 4.51. The Hall–Kier alpha value is -2.86. The standard InChI is InChI=1S/C23H20INO7S/c1-3-30-17-11-14(10-16(24)20(17)32-22(28)15-8-6-5-7-9-15)12-18-21(27)25(23(29)33-18)13-19(26)31-4-2/h5-12H,3-4,13H2,1-2H3/b18-12-. The second kappa shape index (κ2) is 11.3. The van der Waals surface area contributed by atoms with Crippen LogP contribution in [-0.2, 0) is 14.3 Å². The van der Waals surface area contributed by atoms with Gasteiger partial charge in [0.1, 0.15) is 6.54 Å². The van der Waals surface area contributed by atoms with Gasteiger partial charge in [0.15, 0.2) is 11.5 Å². The van der Waals surface area contributed by atoms with Gasteiger partial charge >= 0.3 is 11.9 Å². The van der Waals surface area contributed by atoms with E-state index in [1.54, 1.807) is 56.3 Å². The fourth-order valence-corrected chi connectivity index (χ4v) is 4.46. The second-order valence-electron chi connectivity index (χ2n) is 6.59. The fraction of sp³-hybridized carbons (Fsp3) is 0.217. The summed E-state index contributed by atoms with van der Waals surface area (Å²) in [6, 6.07) is 11.9. The monoisotopic (exact) mass is 581 g/mol. The van der Waals surface area contributed by atoms with Gasteiger partial charge in [-0.3, -0.25) is 19.3 Å². The lowest BCUT2D eigenvalue weighted by molar-refractivity contribution is -0.145. The molecule has 0 aromatic heterocycles. The minimum Gasteiger partial charge on any atom is -0.490 e. The molecule has 0 unspecified atom stereocenters. The van der Waals surface area contributed by atoms with Crippen molar-refractivity contribution in [3.05, 3.63) is 62.1 Å². The number of ether oxygens (including phenoxy) is 3. The Balaban J connectivity index is 1.86. The van der Waals surface area contributed by atoms with E-state index in [1.807, 2.05) is 22.6 Å². The van der Waals surface area contributed by atoms with E-state index in [1.165, 1.54) is 6.08 Å². The van der Waals surface area contributed by atoms with Gasteiger partial charge in [-0.15, -0.1) is 0 Å². The number of imide groups is 1. The van der Waals surface area contributed by atoms with Gasteiger partial charge in [-0.2, -0.15) is 0 Å². The molecule has 172 valence electrons. The fourth-order valence-electron chi connectivity index (χ4n) is 2.88. The molecule has 10 heteroatoms. The SMILES string of the molecule is CCOC(=O)CN1C(=O)S/C(=C\c2cc(I)c(OC(=O)c3ccccc3)c(OCC)c2)C1=O. The molecule has 0 radical (unpaired) electrons. The minimum atomic E-state index is -0.654. The lowest BCUT2D eigenvalue weighted by Crippen LogP contribution is -2.34. The Bertz CT molecular complexity index is 1120. The van der Waals surface area contributed by atoms with E-state index in [-0.39, 0.29) is 17.3 Å². The zero-order valence-electron chi connectivity index (χ0n) is 17.8. The van der Waals surface area contributed by atoms with Crippen molar-refractivity contribution in [2.45, 2.75) is 13.8 Å². The second-order valence-corrected chi connectivity index (χ2v) is 8.75. The van der Waals surface area contributed by atoms with Crippen LogP contribution in [0.3, 0.4) is 0 Å². The highest BCUT2D eigenvalue weighted by Gasteiger charge is 2.36. The Kier molecular flexibility index (Phi) is 8.50. The number of nitrogens with zero attached hydrogens (tertiary/aromatic N) is 1. The molecule has 1 aliphatic heterocycles. The molecule has 33 heavy (non-hydrogen) atoms. The van der Waals surface area contributed by atoms with Crippen LogP contribution in [0.25, 0.3) is 6.08 Å². The number of rotatable bonds is 8. The summed E-state index contributed by atoms with van der Waals surface area (Å²) in [5.74, 6) is -1.17. The summed E-state index contributed by atoms with van der Waals surface area (Å²) in [6.45, 7) is 3.48. The number of esters is 2. The van der Waals surface area contributed by atoms with Gasteiger partial charge in [-0.25, -0.2) is 4.79 Å². The van der Waals surface area contributed by atoms with Crippen molar-refractivity contribution < 1.29 is 33.4 Å². The van der Waals surface area contributed by atoms with Gasteiger partial charge in [-0.1, -0.05) is 18.2 Å². The van der Waals surface area contributed by atoms with Gasteiger partial charge in [0.2, 0.25) is 0 Å². The van der Waals surface area contributed by atoms with E-state index in [9.17, 15) is 19.2 Å². The highest BCUT2D eigenvalue weighted by molar-refractivity contribution is 14.1. The normalized spacial score (nSPS) is 14.5. The summed E-state index contributed by atoms with van der Waals surface area (Å²) in [4.78, 5) is 50.1. The number of hydrogen-bond donors (Lipinski definition) is 0. The van der Waals surface area contributed by atoms with Crippen molar-refractivity contribution in [3.8, 4) is 11.5 Å². The maximum Gasteiger partial charge on any atom is 0.343 e. The number of carbonyl (C=O) groups is 4. The van der Waals surface area contributed by atoms with E-state index in [4.69, 9.17) is 14.2 Å². The molecule has 2 amide bonds. The zero-order chi connectivity index (χ0) is 24.0. The topological polar surface area (TPSA) is 99.2 Å². The van der Waals surface area contributed by atoms with Crippen LogP contribution in [0, 0.1) is 3.57 Å². The van der Waals surface area contributed by atoms with Crippen molar-refractivity contribution in [1.29, 1.82) is 0 Å². The summed E-state index contributed by atoms with van der Waals surface area (Å²) in [7, 11) is 0. The molecule has 2 aromatic rings. The predicted molar refractivity (Wildman–Crippen MR) is 131 cm³/mol. The third-order valence-electron chi connectivity index (χ3n) is 4.30. The largest absolute Gasteiger partial charge is 0.490 e.